The van der Waals surface area contributed by atoms with Crippen LogP contribution in [0.2, 0.25) is 0 Å². The summed E-state index contributed by atoms with van der Waals surface area (Å²) in [5.74, 6) is -0.485. The first-order valence-electron chi connectivity index (χ1n) is 10.7. The lowest BCUT2D eigenvalue weighted by Gasteiger charge is -2.29. The third-order valence-corrected chi connectivity index (χ3v) is 4.76. The molecule has 0 aromatic heterocycles. The zero-order chi connectivity index (χ0) is 23.9. The lowest BCUT2D eigenvalue weighted by molar-refractivity contribution is -0.140. The predicted octanol–water partition coefficient (Wildman–Crippen LogP) is 2.48. The van der Waals surface area contributed by atoms with Gasteiger partial charge >= 0.3 is 24.1 Å². The van der Waals surface area contributed by atoms with Crippen LogP contribution in [-0.4, -0.2) is 63.6 Å². The minimum Gasteiger partial charge on any atom is -0.459 e. The maximum absolute atomic E-state index is 11.8. The van der Waals surface area contributed by atoms with Crippen molar-refractivity contribution in [3.8, 4) is 0 Å². The average molecular weight is 455 g/mol. The molecule has 2 amide bonds. The van der Waals surface area contributed by atoms with E-state index < -0.39 is 24.1 Å². The molecule has 1 fully saturated rings. The van der Waals surface area contributed by atoms with Gasteiger partial charge in [0.15, 0.2) is 0 Å². The van der Waals surface area contributed by atoms with Crippen molar-refractivity contribution in [1.29, 1.82) is 0 Å². The minimum absolute atomic E-state index is 0.0251. The predicted molar refractivity (Wildman–Crippen MR) is 116 cm³/mol. The van der Waals surface area contributed by atoms with Gasteiger partial charge in [0, 0.05) is 24.2 Å². The number of carbonyl (C=O) groups excluding carboxylic acids is 4. The fraction of sp³-hybridized carbons (Fsp3) is 0.636. The number of alkyl carbamates (subject to hydrolysis) is 2. The van der Waals surface area contributed by atoms with Crippen molar-refractivity contribution in [2.75, 3.05) is 39.5 Å². The summed E-state index contributed by atoms with van der Waals surface area (Å²) in [4.78, 5) is 46.0. The number of rotatable bonds is 12. The number of ether oxygens (including phenoxy) is 4. The van der Waals surface area contributed by atoms with Crippen LogP contribution in [0.5, 0.6) is 0 Å². The molecule has 32 heavy (non-hydrogen) atoms. The summed E-state index contributed by atoms with van der Waals surface area (Å²) in [7, 11) is 0. The molecule has 1 rings (SSSR count). The smallest absolute Gasteiger partial charge is 0.407 e. The Labute approximate surface area is 188 Å². The van der Waals surface area contributed by atoms with Gasteiger partial charge in [-0.1, -0.05) is 19.6 Å². The second kappa shape index (κ2) is 14.9. The van der Waals surface area contributed by atoms with Gasteiger partial charge < -0.3 is 29.6 Å². The summed E-state index contributed by atoms with van der Waals surface area (Å²) in [5.41, 5.74) is 0.571. The molecule has 0 heterocycles. The molecule has 0 bridgehead atoms. The van der Waals surface area contributed by atoms with E-state index in [0.29, 0.717) is 13.1 Å². The van der Waals surface area contributed by atoms with E-state index in [1.807, 2.05) is 0 Å². The molecule has 1 saturated carbocycles. The molecule has 0 radical (unpaired) electrons. The van der Waals surface area contributed by atoms with E-state index in [9.17, 15) is 19.2 Å². The fourth-order valence-electron chi connectivity index (χ4n) is 3.11. The Morgan fingerprint density at radius 1 is 0.719 bits per heavy atom. The molecule has 1 aliphatic carbocycles. The van der Waals surface area contributed by atoms with Crippen molar-refractivity contribution in [2.24, 2.45) is 11.8 Å². The first-order valence-corrected chi connectivity index (χ1v) is 10.7. The number of amides is 2. The molecule has 2 N–H and O–H groups in total. The monoisotopic (exact) mass is 454 g/mol. The molecule has 2 atom stereocenters. The van der Waals surface area contributed by atoms with Crippen molar-refractivity contribution in [3.05, 3.63) is 24.3 Å². The third kappa shape index (κ3) is 12.0. The van der Waals surface area contributed by atoms with E-state index in [0.717, 1.165) is 25.7 Å². The van der Waals surface area contributed by atoms with Crippen LogP contribution >= 0.6 is 0 Å². The summed E-state index contributed by atoms with van der Waals surface area (Å²) >= 11 is 0. The van der Waals surface area contributed by atoms with Crippen molar-refractivity contribution >= 4 is 24.1 Å². The average Bonchev–Trinajstić information content (AvgIpc) is 2.76. The van der Waals surface area contributed by atoms with Crippen LogP contribution in [0, 0.1) is 11.8 Å². The normalized spacial score (nSPS) is 17.4. The third-order valence-electron chi connectivity index (χ3n) is 4.76. The SMILES string of the molecule is C=C(C)C(=O)OCCOC(=O)NCC1CCC[C@H](CNC(=O)OCCOC(=O)C(=C)C)C1. The van der Waals surface area contributed by atoms with E-state index in [2.05, 4.69) is 23.8 Å². The van der Waals surface area contributed by atoms with E-state index in [4.69, 9.17) is 18.9 Å². The summed E-state index contributed by atoms with van der Waals surface area (Å²) in [6.07, 6.45) is 2.68. The van der Waals surface area contributed by atoms with Gasteiger partial charge in [0.2, 0.25) is 0 Å². The molecule has 1 unspecified atom stereocenters. The highest BCUT2D eigenvalue weighted by Crippen LogP contribution is 2.28. The molecule has 0 aromatic rings. The molecular weight excluding hydrogens is 420 g/mol. The largest absolute Gasteiger partial charge is 0.459 e. The van der Waals surface area contributed by atoms with Gasteiger partial charge in [-0.25, -0.2) is 19.2 Å². The van der Waals surface area contributed by atoms with Crippen LogP contribution in [0.15, 0.2) is 24.3 Å². The van der Waals surface area contributed by atoms with Crippen LogP contribution in [0.4, 0.5) is 9.59 Å². The van der Waals surface area contributed by atoms with Gasteiger partial charge in [0.25, 0.3) is 0 Å². The van der Waals surface area contributed by atoms with Gasteiger partial charge in [0.05, 0.1) is 0 Å². The quantitative estimate of drug-likeness (QED) is 0.199. The molecule has 0 saturated heterocycles. The number of hydrogen-bond donors (Lipinski definition) is 2. The fourth-order valence-corrected chi connectivity index (χ4v) is 3.11. The van der Waals surface area contributed by atoms with E-state index in [1.54, 1.807) is 0 Å². The summed E-state index contributed by atoms with van der Waals surface area (Å²) in [6, 6.07) is 0. The Kier molecular flexibility index (Phi) is 12.5. The second-order valence-corrected chi connectivity index (χ2v) is 7.76. The molecule has 10 nitrogen and oxygen atoms in total. The van der Waals surface area contributed by atoms with Crippen molar-refractivity contribution < 1.29 is 38.1 Å². The minimum atomic E-state index is -0.562. The highest BCUT2D eigenvalue weighted by atomic mass is 16.6. The van der Waals surface area contributed by atoms with Crippen molar-refractivity contribution in [2.45, 2.75) is 39.5 Å². The topological polar surface area (TPSA) is 129 Å². The number of carbonyl (C=O) groups is 4. The van der Waals surface area contributed by atoms with E-state index >= 15 is 0 Å². The Bertz CT molecular complexity index is 635. The van der Waals surface area contributed by atoms with Crippen LogP contribution in [0.1, 0.15) is 39.5 Å². The van der Waals surface area contributed by atoms with Gasteiger partial charge in [0.1, 0.15) is 26.4 Å². The summed E-state index contributed by atoms with van der Waals surface area (Å²) in [6.45, 7) is 10.8. The Morgan fingerprint density at radius 3 is 1.47 bits per heavy atom. The molecule has 0 aromatic carbocycles. The van der Waals surface area contributed by atoms with Crippen LogP contribution in [-0.2, 0) is 28.5 Å². The lowest BCUT2D eigenvalue weighted by Crippen LogP contribution is -2.36. The van der Waals surface area contributed by atoms with Crippen LogP contribution in [0.3, 0.4) is 0 Å². The molecular formula is C22H34N2O8. The molecule has 10 heteroatoms. The van der Waals surface area contributed by atoms with Crippen LogP contribution < -0.4 is 10.6 Å². The summed E-state index contributed by atoms with van der Waals surface area (Å²) < 4.78 is 19.6. The number of hydrogen-bond acceptors (Lipinski definition) is 8. The first-order chi connectivity index (χ1) is 15.2. The van der Waals surface area contributed by atoms with Gasteiger partial charge in [-0.3, -0.25) is 0 Å². The first kappa shape index (κ1) is 27.0. The van der Waals surface area contributed by atoms with Gasteiger partial charge in [-0.15, -0.1) is 0 Å². The standard InChI is InChI=1S/C22H34N2O8/c1-15(2)19(25)29-8-10-31-21(27)23-13-17-6-5-7-18(12-17)14-24-22(28)32-11-9-30-20(26)16(3)4/h17-18H,1,3,5-14H2,2,4H3,(H,23,27)(H,24,28)/t17-,18?/m0/s1. The maximum atomic E-state index is 11.8. The van der Waals surface area contributed by atoms with Gasteiger partial charge in [-0.05, 0) is 44.9 Å². The molecule has 0 spiro atoms. The Morgan fingerprint density at radius 2 is 1.09 bits per heavy atom. The Balaban J connectivity index is 2.14. The van der Waals surface area contributed by atoms with E-state index in [1.165, 1.54) is 13.8 Å². The van der Waals surface area contributed by atoms with Crippen LogP contribution in [0.25, 0.3) is 0 Å². The Hall–Kier alpha value is -3.04. The molecule has 180 valence electrons. The molecule has 0 aliphatic heterocycles. The maximum Gasteiger partial charge on any atom is 0.407 e. The number of esters is 2. The second-order valence-electron chi connectivity index (χ2n) is 7.76. The van der Waals surface area contributed by atoms with Gasteiger partial charge in [-0.2, -0.15) is 0 Å². The summed E-state index contributed by atoms with van der Waals surface area (Å²) in [5, 5.41) is 5.44. The zero-order valence-corrected chi connectivity index (χ0v) is 18.9. The molecule has 1 aliphatic rings. The highest BCUT2D eigenvalue weighted by molar-refractivity contribution is 5.87. The highest BCUT2D eigenvalue weighted by Gasteiger charge is 2.23. The zero-order valence-electron chi connectivity index (χ0n) is 18.9. The van der Waals surface area contributed by atoms with E-state index in [-0.39, 0.29) is 49.4 Å². The van der Waals surface area contributed by atoms with Crippen molar-refractivity contribution in [3.63, 3.8) is 0 Å². The lowest BCUT2D eigenvalue weighted by atomic mass is 9.81. The number of nitrogens with one attached hydrogen (secondary N) is 2. The van der Waals surface area contributed by atoms with Crippen molar-refractivity contribution in [1.82, 2.24) is 10.6 Å².